The molecule has 0 aliphatic carbocycles. The molecule has 0 amide bonds. The fourth-order valence-electron chi connectivity index (χ4n) is 1.19. The molecule has 3 N–H and O–H groups in total. The molecule has 8 heteroatoms. The molecule has 0 unspecified atom stereocenters. The molecule has 6 nitrogen and oxygen atoms in total. The van der Waals surface area contributed by atoms with Gasteiger partial charge >= 0.3 is 0 Å². The van der Waals surface area contributed by atoms with Gasteiger partial charge < -0.3 is 10.6 Å². The lowest BCUT2D eigenvalue weighted by molar-refractivity contribution is 0.571. The predicted octanol–water partition coefficient (Wildman–Crippen LogP) is 0.755. The maximum Gasteiger partial charge on any atom is 0.211 e. The fraction of sp³-hybridized carbons (Fsp3) is 0.909. The SMILES string of the molecule is CCS(=O)(=O)NCCNC(=NC)NCCC(C)C.I. The monoisotopic (exact) mass is 406 g/mol. The van der Waals surface area contributed by atoms with Crippen LogP contribution in [0.25, 0.3) is 0 Å². The van der Waals surface area contributed by atoms with Gasteiger partial charge in [0.05, 0.1) is 5.75 Å². The summed E-state index contributed by atoms with van der Waals surface area (Å²) in [5, 5.41) is 6.23. The Morgan fingerprint density at radius 2 is 1.74 bits per heavy atom. The first kappa shape index (κ1) is 21.2. The first-order chi connectivity index (χ1) is 8.41. The zero-order chi connectivity index (χ0) is 14.0. The van der Waals surface area contributed by atoms with Gasteiger partial charge in [-0.2, -0.15) is 0 Å². The van der Waals surface area contributed by atoms with Gasteiger partial charge in [0.2, 0.25) is 10.0 Å². The molecule has 0 aliphatic rings. The number of halogens is 1. The summed E-state index contributed by atoms with van der Waals surface area (Å²) in [6.45, 7) is 7.68. The van der Waals surface area contributed by atoms with E-state index < -0.39 is 10.0 Å². The van der Waals surface area contributed by atoms with Gasteiger partial charge in [-0.15, -0.1) is 24.0 Å². The van der Waals surface area contributed by atoms with Crippen LogP contribution in [0.5, 0.6) is 0 Å². The molecular weight excluding hydrogens is 379 g/mol. The molecule has 116 valence electrons. The Balaban J connectivity index is 0. The Hall–Kier alpha value is -0.0900. The van der Waals surface area contributed by atoms with Crippen LogP contribution in [0.4, 0.5) is 0 Å². The second-order valence-corrected chi connectivity index (χ2v) is 6.50. The van der Waals surface area contributed by atoms with Gasteiger partial charge in [-0.05, 0) is 19.3 Å². The van der Waals surface area contributed by atoms with Crippen molar-refractivity contribution in [2.24, 2.45) is 10.9 Å². The van der Waals surface area contributed by atoms with Crippen molar-refractivity contribution in [2.45, 2.75) is 27.2 Å². The summed E-state index contributed by atoms with van der Waals surface area (Å²) in [6, 6.07) is 0. The topological polar surface area (TPSA) is 82.6 Å². The van der Waals surface area contributed by atoms with Gasteiger partial charge in [0.1, 0.15) is 0 Å². The largest absolute Gasteiger partial charge is 0.356 e. The molecule has 0 saturated carbocycles. The van der Waals surface area contributed by atoms with Crippen LogP contribution in [0, 0.1) is 5.92 Å². The lowest BCUT2D eigenvalue weighted by Gasteiger charge is -2.13. The average molecular weight is 406 g/mol. The smallest absolute Gasteiger partial charge is 0.211 e. The molecule has 0 heterocycles. The highest BCUT2D eigenvalue weighted by atomic mass is 127. The number of hydrogen-bond acceptors (Lipinski definition) is 3. The summed E-state index contributed by atoms with van der Waals surface area (Å²) < 4.78 is 24.8. The predicted molar refractivity (Wildman–Crippen MR) is 91.7 cm³/mol. The third kappa shape index (κ3) is 12.7. The Morgan fingerprint density at radius 1 is 1.16 bits per heavy atom. The van der Waals surface area contributed by atoms with E-state index >= 15 is 0 Å². The minimum Gasteiger partial charge on any atom is -0.356 e. The highest BCUT2D eigenvalue weighted by molar-refractivity contribution is 14.0. The molecule has 0 aromatic rings. The number of nitrogens with one attached hydrogen (secondary N) is 3. The summed E-state index contributed by atoms with van der Waals surface area (Å²) in [5.74, 6) is 1.45. The van der Waals surface area contributed by atoms with Crippen LogP contribution in [0.3, 0.4) is 0 Å². The molecule has 0 fully saturated rings. The summed E-state index contributed by atoms with van der Waals surface area (Å²) in [6.07, 6.45) is 1.07. The molecule has 0 aromatic heterocycles. The summed E-state index contributed by atoms with van der Waals surface area (Å²) in [5.41, 5.74) is 0. The highest BCUT2D eigenvalue weighted by Gasteiger charge is 2.04. The summed E-state index contributed by atoms with van der Waals surface area (Å²) in [7, 11) is -1.41. The zero-order valence-corrected chi connectivity index (χ0v) is 15.3. The van der Waals surface area contributed by atoms with Crippen LogP contribution in [0.15, 0.2) is 4.99 Å². The maximum atomic E-state index is 11.2. The maximum absolute atomic E-state index is 11.2. The van der Waals surface area contributed by atoms with Crippen molar-refractivity contribution in [3.05, 3.63) is 0 Å². The zero-order valence-electron chi connectivity index (χ0n) is 12.2. The van der Waals surface area contributed by atoms with Gasteiger partial charge in [0, 0.05) is 26.7 Å². The molecule has 0 bridgehead atoms. The first-order valence-corrected chi connectivity index (χ1v) is 7.98. The first-order valence-electron chi connectivity index (χ1n) is 6.33. The van der Waals surface area contributed by atoms with Crippen LogP contribution in [-0.4, -0.2) is 46.8 Å². The van der Waals surface area contributed by atoms with Crippen molar-refractivity contribution in [1.29, 1.82) is 0 Å². The number of rotatable bonds is 8. The second kappa shape index (κ2) is 11.7. The molecule has 0 saturated heterocycles. The molecule has 19 heavy (non-hydrogen) atoms. The highest BCUT2D eigenvalue weighted by Crippen LogP contribution is 1.95. The van der Waals surface area contributed by atoms with E-state index in [1.165, 1.54) is 0 Å². The molecule has 0 aromatic carbocycles. The minimum absolute atomic E-state index is 0. The van der Waals surface area contributed by atoms with E-state index in [2.05, 4.69) is 34.2 Å². The number of hydrogen-bond donors (Lipinski definition) is 3. The minimum atomic E-state index is -3.10. The Kier molecular flexibility index (Phi) is 13.1. The fourth-order valence-corrected chi connectivity index (χ4v) is 1.81. The van der Waals surface area contributed by atoms with Gasteiger partial charge in [-0.3, -0.25) is 4.99 Å². The van der Waals surface area contributed by atoms with Gasteiger partial charge in [-0.1, -0.05) is 13.8 Å². The number of sulfonamides is 1. The molecule has 0 rings (SSSR count). The number of guanidine groups is 1. The van der Waals surface area contributed by atoms with Crippen LogP contribution < -0.4 is 15.4 Å². The quantitative estimate of drug-likeness (QED) is 0.241. The van der Waals surface area contributed by atoms with Crippen molar-refractivity contribution in [2.75, 3.05) is 32.4 Å². The van der Waals surface area contributed by atoms with Crippen molar-refractivity contribution in [1.82, 2.24) is 15.4 Å². The third-order valence-electron chi connectivity index (χ3n) is 2.36. The second-order valence-electron chi connectivity index (χ2n) is 4.41. The van der Waals surface area contributed by atoms with Crippen molar-refractivity contribution in [3.8, 4) is 0 Å². The van der Waals surface area contributed by atoms with Crippen LogP contribution in [0.2, 0.25) is 0 Å². The van der Waals surface area contributed by atoms with Crippen LogP contribution in [-0.2, 0) is 10.0 Å². The molecule has 0 aliphatic heterocycles. The van der Waals surface area contributed by atoms with Gasteiger partial charge in [0.25, 0.3) is 0 Å². The number of aliphatic imine (C=N–C) groups is 1. The van der Waals surface area contributed by atoms with Crippen molar-refractivity contribution < 1.29 is 8.42 Å². The molecule has 0 atom stereocenters. The molecule has 0 spiro atoms. The molecule has 0 radical (unpaired) electrons. The Bertz CT molecular complexity index is 345. The van der Waals surface area contributed by atoms with E-state index in [1.807, 2.05) is 0 Å². The standard InChI is InChI=1S/C11H26N4O2S.HI/c1-5-18(16,17)15-9-8-14-11(12-4)13-7-6-10(2)3;/h10,15H,5-9H2,1-4H3,(H2,12,13,14);1H. The van der Waals surface area contributed by atoms with E-state index in [4.69, 9.17) is 0 Å². The van der Waals surface area contributed by atoms with Crippen LogP contribution >= 0.6 is 24.0 Å². The molecular formula is C11H27IN4O2S. The van der Waals surface area contributed by atoms with Gasteiger partial charge in [0.15, 0.2) is 5.96 Å². The van der Waals surface area contributed by atoms with E-state index in [1.54, 1.807) is 14.0 Å². The third-order valence-corrected chi connectivity index (χ3v) is 3.76. The Morgan fingerprint density at radius 3 is 2.21 bits per heavy atom. The van der Waals surface area contributed by atoms with E-state index in [-0.39, 0.29) is 29.7 Å². The van der Waals surface area contributed by atoms with Crippen molar-refractivity contribution >= 4 is 40.0 Å². The number of nitrogens with zero attached hydrogens (tertiary/aromatic N) is 1. The average Bonchev–Trinajstić information content (AvgIpc) is 2.31. The lowest BCUT2D eigenvalue weighted by Crippen LogP contribution is -2.42. The van der Waals surface area contributed by atoms with E-state index in [0.29, 0.717) is 25.0 Å². The van der Waals surface area contributed by atoms with Crippen LogP contribution in [0.1, 0.15) is 27.2 Å². The summed E-state index contributed by atoms with van der Waals surface area (Å²) in [4.78, 5) is 4.06. The van der Waals surface area contributed by atoms with Crippen molar-refractivity contribution in [3.63, 3.8) is 0 Å². The summed E-state index contributed by atoms with van der Waals surface area (Å²) >= 11 is 0. The Labute approximate surface area is 134 Å². The van der Waals surface area contributed by atoms with E-state index in [0.717, 1.165) is 13.0 Å². The normalized spacial score (nSPS) is 12.2. The van der Waals surface area contributed by atoms with E-state index in [9.17, 15) is 8.42 Å². The van der Waals surface area contributed by atoms with Gasteiger partial charge in [-0.25, -0.2) is 13.1 Å². The lowest BCUT2D eigenvalue weighted by atomic mass is 10.1.